The third kappa shape index (κ3) is 1.52. The molecular formula is C15H16NO+. The average molecular weight is 226 g/mol. The predicted molar refractivity (Wildman–Crippen MR) is 66.9 cm³/mol. The van der Waals surface area contributed by atoms with E-state index in [0.29, 0.717) is 0 Å². The normalized spacial score (nSPS) is 17.0. The summed E-state index contributed by atoms with van der Waals surface area (Å²) in [5.74, 6) is 1.00. The molecule has 0 spiro atoms. The molecule has 0 saturated carbocycles. The van der Waals surface area contributed by atoms with Gasteiger partial charge in [0.2, 0.25) is 5.69 Å². The summed E-state index contributed by atoms with van der Waals surface area (Å²) in [6, 6.07) is 10.6. The van der Waals surface area contributed by atoms with Gasteiger partial charge in [-0.3, -0.25) is 0 Å². The first-order chi connectivity index (χ1) is 8.16. The number of rotatable bonds is 0. The number of ether oxygens (including phenoxy) is 1. The van der Waals surface area contributed by atoms with Crippen molar-refractivity contribution in [3.63, 3.8) is 0 Å². The molecule has 1 unspecified atom stereocenters. The van der Waals surface area contributed by atoms with Crippen molar-refractivity contribution in [3.05, 3.63) is 47.7 Å². The van der Waals surface area contributed by atoms with Gasteiger partial charge in [-0.25, -0.2) is 0 Å². The minimum Gasteiger partial charge on any atom is -0.433 e. The molecule has 0 aliphatic carbocycles. The molecular weight excluding hydrogens is 210 g/mol. The zero-order chi connectivity index (χ0) is 12.0. The van der Waals surface area contributed by atoms with Crippen LogP contribution in [-0.2, 0) is 0 Å². The molecule has 0 radical (unpaired) electrons. The largest absolute Gasteiger partial charge is 0.433 e. The fourth-order valence-corrected chi connectivity index (χ4v) is 2.58. The number of aromatic nitrogens is 1. The molecule has 1 aliphatic heterocycles. The highest BCUT2D eigenvalue weighted by Gasteiger charge is 2.30. The monoisotopic (exact) mass is 226 g/mol. The second-order valence-electron chi connectivity index (χ2n) is 4.67. The summed E-state index contributed by atoms with van der Waals surface area (Å²) in [6.45, 7) is 6.32. The van der Waals surface area contributed by atoms with E-state index in [1.807, 2.05) is 6.07 Å². The Bertz CT molecular complexity index is 589. The Hall–Kier alpha value is -1.83. The lowest BCUT2D eigenvalue weighted by Crippen LogP contribution is -2.45. The summed E-state index contributed by atoms with van der Waals surface area (Å²) in [7, 11) is 0. The highest BCUT2D eigenvalue weighted by molar-refractivity contribution is 5.70. The van der Waals surface area contributed by atoms with Gasteiger partial charge in [0.15, 0.2) is 6.20 Å². The highest BCUT2D eigenvalue weighted by Crippen LogP contribution is 2.37. The zero-order valence-electron chi connectivity index (χ0n) is 10.4. The molecule has 2 heteroatoms. The number of fused-ring (bicyclic) bond motifs is 3. The third-order valence-electron chi connectivity index (χ3n) is 3.28. The van der Waals surface area contributed by atoms with Crippen LogP contribution in [0.4, 0.5) is 0 Å². The molecule has 1 aromatic heterocycles. The van der Waals surface area contributed by atoms with E-state index in [-0.39, 0.29) is 6.23 Å². The van der Waals surface area contributed by atoms with Crippen LogP contribution < -0.4 is 9.30 Å². The smallest absolute Gasteiger partial charge is 0.299 e. The summed E-state index contributed by atoms with van der Waals surface area (Å²) >= 11 is 0. The van der Waals surface area contributed by atoms with Crippen molar-refractivity contribution in [2.45, 2.75) is 27.0 Å². The fourth-order valence-electron chi connectivity index (χ4n) is 2.58. The summed E-state index contributed by atoms with van der Waals surface area (Å²) in [5.41, 5.74) is 4.97. The van der Waals surface area contributed by atoms with Crippen LogP contribution in [0, 0.1) is 13.8 Å². The van der Waals surface area contributed by atoms with Crippen molar-refractivity contribution in [1.29, 1.82) is 0 Å². The molecule has 0 bridgehead atoms. The molecule has 2 nitrogen and oxygen atoms in total. The van der Waals surface area contributed by atoms with Gasteiger partial charge in [-0.2, -0.15) is 4.57 Å². The summed E-state index contributed by atoms with van der Waals surface area (Å²) < 4.78 is 8.15. The molecule has 1 aliphatic rings. The molecule has 17 heavy (non-hydrogen) atoms. The molecule has 1 aromatic carbocycles. The topological polar surface area (TPSA) is 13.1 Å². The van der Waals surface area contributed by atoms with Gasteiger partial charge in [0.25, 0.3) is 6.23 Å². The van der Waals surface area contributed by atoms with E-state index >= 15 is 0 Å². The minimum atomic E-state index is 0.0555. The van der Waals surface area contributed by atoms with E-state index in [4.69, 9.17) is 4.74 Å². The van der Waals surface area contributed by atoms with Crippen molar-refractivity contribution in [2.24, 2.45) is 0 Å². The van der Waals surface area contributed by atoms with Gasteiger partial charge in [0, 0.05) is 19.1 Å². The van der Waals surface area contributed by atoms with Crippen LogP contribution in [-0.4, -0.2) is 0 Å². The quantitative estimate of drug-likeness (QED) is 0.629. The van der Waals surface area contributed by atoms with Crippen LogP contribution in [0.15, 0.2) is 36.5 Å². The van der Waals surface area contributed by atoms with Gasteiger partial charge in [-0.15, -0.1) is 0 Å². The van der Waals surface area contributed by atoms with Crippen LogP contribution >= 0.6 is 0 Å². The number of pyridine rings is 1. The number of aryl methyl sites for hydroxylation is 2. The molecule has 1 atom stereocenters. The Morgan fingerprint density at radius 3 is 2.82 bits per heavy atom. The van der Waals surface area contributed by atoms with Gasteiger partial charge < -0.3 is 4.74 Å². The first-order valence-corrected chi connectivity index (χ1v) is 5.95. The maximum atomic E-state index is 5.98. The Morgan fingerprint density at radius 2 is 2.00 bits per heavy atom. The molecule has 3 rings (SSSR count). The van der Waals surface area contributed by atoms with Crippen molar-refractivity contribution >= 4 is 0 Å². The lowest BCUT2D eigenvalue weighted by molar-refractivity contribution is -0.743. The van der Waals surface area contributed by atoms with E-state index in [1.165, 1.54) is 22.4 Å². The summed E-state index contributed by atoms with van der Waals surface area (Å²) in [5, 5.41) is 0. The molecule has 2 heterocycles. The number of hydrogen-bond donors (Lipinski definition) is 0. The molecule has 86 valence electrons. The predicted octanol–water partition coefficient (Wildman–Crippen LogP) is 3.17. The Balaban J connectivity index is 2.33. The van der Waals surface area contributed by atoms with Crippen molar-refractivity contribution in [2.75, 3.05) is 0 Å². The Labute approximate surface area is 101 Å². The van der Waals surface area contributed by atoms with Gasteiger partial charge in [-0.1, -0.05) is 6.07 Å². The first-order valence-electron chi connectivity index (χ1n) is 5.95. The standard InChI is InChI=1S/C15H16NO/c1-10-8-11(2)15-13-6-4-5-7-16(13)12(3)17-14(15)9-10/h4-9,12H,1-3H3/q+1. The van der Waals surface area contributed by atoms with Crippen LogP contribution in [0.25, 0.3) is 11.3 Å². The van der Waals surface area contributed by atoms with Crippen molar-refractivity contribution < 1.29 is 9.30 Å². The molecule has 0 fully saturated rings. The van der Waals surface area contributed by atoms with Crippen LogP contribution in [0.1, 0.15) is 24.3 Å². The fraction of sp³-hybridized carbons (Fsp3) is 0.267. The summed E-state index contributed by atoms with van der Waals surface area (Å²) in [4.78, 5) is 0. The lowest BCUT2D eigenvalue weighted by atomic mass is 9.99. The lowest BCUT2D eigenvalue weighted by Gasteiger charge is -2.22. The van der Waals surface area contributed by atoms with E-state index in [1.54, 1.807) is 0 Å². The molecule has 0 N–H and O–H groups in total. The zero-order valence-corrected chi connectivity index (χ0v) is 10.4. The van der Waals surface area contributed by atoms with Crippen LogP contribution in [0.5, 0.6) is 5.75 Å². The van der Waals surface area contributed by atoms with E-state index in [2.05, 4.69) is 55.8 Å². The van der Waals surface area contributed by atoms with E-state index in [0.717, 1.165) is 5.75 Å². The highest BCUT2D eigenvalue weighted by atomic mass is 16.5. The first kappa shape index (κ1) is 10.3. The van der Waals surface area contributed by atoms with E-state index < -0.39 is 0 Å². The SMILES string of the molecule is Cc1cc(C)c2c(c1)OC(C)[n+]1ccccc1-2. The van der Waals surface area contributed by atoms with Crippen LogP contribution in [0.3, 0.4) is 0 Å². The van der Waals surface area contributed by atoms with Crippen LogP contribution in [0.2, 0.25) is 0 Å². The van der Waals surface area contributed by atoms with Crippen molar-refractivity contribution in [3.8, 4) is 17.0 Å². The van der Waals surface area contributed by atoms with Crippen molar-refractivity contribution in [1.82, 2.24) is 0 Å². The second kappa shape index (κ2) is 3.59. The number of hydrogen-bond acceptors (Lipinski definition) is 1. The van der Waals surface area contributed by atoms with Gasteiger partial charge in [-0.05, 0) is 37.1 Å². The van der Waals surface area contributed by atoms with Gasteiger partial charge >= 0.3 is 0 Å². The number of benzene rings is 1. The van der Waals surface area contributed by atoms with Gasteiger partial charge in [0.1, 0.15) is 5.75 Å². The minimum absolute atomic E-state index is 0.0555. The Morgan fingerprint density at radius 1 is 1.18 bits per heavy atom. The van der Waals surface area contributed by atoms with E-state index in [9.17, 15) is 0 Å². The maximum absolute atomic E-state index is 5.98. The molecule has 2 aromatic rings. The molecule has 0 saturated heterocycles. The summed E-state index contributed by atoms with van der Waals surface area (Å²) in [6.07, 6.45) is 2.13. The van der Waals surface area contributed by atoms with Gasteiger partial charge in [0.05, 0.1) is 5.56 Å². The third-order valence-corrected chi connectivity index (χ3v) is 3.28. The molecule has 0 amide bonds. The Kier molecular flexibility index (Phi) is 2.18. The average Bonchev–Trinajstić information content (AvgIpc) is 2.28. The number of nitrogens with zero attached hydrogens (tertiary/aromatic N) is 1. The second-order valence-corrected chi connectivity index (χ2v) is 4.67. The maximum Gasteiger partial charge on any atom is 0.299 e.